The molecule has 1 amide bonds. The molecule has 0 spiro atoms. The first-order valence-electron chi connectivity index (χ1n) is 12.2. The molecule has 4 unspecified atom stereocenters. The molecular formula is C24H40N2O5. The minimum absolute atomic E-state index is 0.0767. The average molecular weight is 437 g/mol. The molecule has 4 aliphatic rings. The van der Waals surface area contributed by atoms with Gasteiger partial charge in [0.2, 0.25) is 0 Å². The van der Waals surface area contributed by atoms with Crippen molar-refractivity contribution in [3.63, 3.8) is 0 Å². The standard InChI is InChI=1S/C24H40N2O5/c1-14(27)13-26-21(30)31-16-6-9-22(2)15(12-16)4-5-18-17(22)7-10-23(3)19(20(28)29)8-11-24(18,23)25/h14-19,27H,4-13,25H2,1-3H3,(H,26,30)(H,28,29)/t14?,15?,16?,17-,18-,19?,22+,23-,24-/m1/s1. The number of carbonyl (C=O) groups excluding carboxylic acids is 1. The van der Waals surface area contributed by atoms with Crippen molar-refractivity contribution >= 4 is 12.1 Å². The van der Waals surface area contributed by atoms with Gasteiger partial charge in [0.05, 0.1) is 12.0 Å². The van der Waals surface area contributed by atoms with Gasteiger partial charge in [0.15, 0.2) is 0 Å². The maximum absolute atomic E-state index is 12.1. The SMILES string of the molecule is CC(O)CNC(=O)OC1CC[C@@]2(C)C(CC[C@@H]3[C@H]2CC[C@]2(C)C(C(=O)O)CC[C@@]32N)C1. The summed E-state index contributed by atoms with van der Waals surface area (Å²) in [6.45, 7) is 6.38. The van der Waals surface area contributed by atoms with E-state index in [0.29, 0.717) is 24.2 Å². The van der Waals surface area contributed by atoms with Crippen LogP contribution in [0.1, 0.15) is 78.6 Å². The molecule has 4 fully saturated rings. The first-order valence-corrected chi connectivity index (χ1v) is 12.2. The number of carboxylic acids is 1. The molecule has 0 heterocycles. The van der Waals surface area contributed by atoms with E-state index in [1.807, 2.05) is 0 Å². The Morgan fingerprint density at radius 3 is 2.52 bits per heavy atom. The third-order valence-corrected chi connectivity index (χ3v) is 10.1. The molecule has 7 nitrogen and oxygen atoms in total. The second-order valence-electron chi connectivity index (χ2n) is 11.5. The average Bonchev–Trinajstić information content (AvgIpc) is 2.98. The van der Waals surface area contributed by atoms with Crippen LogP contribution in [0.5, 0.6) is 0 Å². The van der Waals surface area contributed by atoms with Crippen LogP contribution in [-0.2, 0) is 9.53 Å². The number of nitrogens with two attached hydrogens (primary N) is 1. The number of hydrogen-bond acceptors (Lipinski definition) is 5. The molecule has 0 aromatic heterocycles. The van der Waals surface area contributed by atoms with Crippen molar-refractivity contribution in [3.8, 4) is 0 Å². The van der Waals surface area contributed by atoms with E-state index in [1.165, 1.54) is 0 Å². The highest BCUT2D eigenvalue weighted by atomic mass is 16.6. The van der Waals surface area contributed by atoms with Crippen molar-refractivity contribution in [2.24, 2.45) is 40.2 Å². The Balaban J connectivity index is 1.46. The van der Waals surface area contributed by atoms with Crippen molar-refractivity contribution in [1.82, 2.24) is 5.32 Å². The first-order chi connectivity index (χ1) is 14.5. The second-order valence-corrected chi connectivity index (χ2v) is 11.5. The highest BCUT2D eigenvalue weighted by Gasteiger charge is 2.67. The maximum atomic E-state index is 12.1. The quantitative estimate of drug-likeness (QED) is 0.536. The lowest BCUT2D eigenvalue weighted by Crippen LogP contribution is -2.66. The summed E-state index contributed by atoms with van der Waals surface area (Å²) < 4.78 is 5.67. The lowest BCUT2D eigenvalue weighted by molar-refractivity contribution is -0.157. The number of alkyl carbamates (subject to hydrolysis) is 1. The molecule has 4 rings (SSSR count). The largest absolute Gasteiger partial charge is 0.481 e. The van der Waals surface area contributed by atoms with Gasteiger partial charge < -0.3 is 26.0 Å². The monoisotopic (exact) mass is 436 g/mol. The molecule has 0 aromatic rings. The predicted octanol–water partition coefficient (Wildman–Crippen LogP) is 3.29. The zero-order chi connectivity index (χ0) is 22.6. The van der Waals surface area contributed by atoms with Gasteiger partial charge in [-0.2, -0.15) is 0 Å². The molecule has 0 bridgehead atoms. The Morgan fingerprint density at radius 2 is 1.84 bits per heavy atom. The number of carbonyl (C=O) groups is 2. The van der Waals surface area contributed by atoms with Crippen LogP contribution in [0.3, 0.4) is 0 Å². The van der Waals surface area contributed by atoms with Crippen molar-refractivity contribution in [3.05, 3.63) is 0 Å². The molecule has 0 aromatic carbocycles. The normalized spacial score (nSPS) is 47.5. The molecular weight excluding hydrogens is 396 g/mol. The molecule has 176 valence electrons. The number of nitrogens with one attached hydrogen (secondary N) is 1. The van der Waals surface area contributed by atoms with Crippen LogP contribution in [0.25, 0.3) is 0 Å². The zero-order valence-electron chi connectivity index (χ0n) is 19.2. The van der Waals surface area contributed by atoms with E-state index in [0.717, 1.165) is 51.4 Å². The third-order valence-electron chi connectivity index (χ3n) is 10.1. The highest BCUT2D eigenvalue weighted by Crippen LogP contribution is 2.68. The van der Waals surface area contributed by atoms with Crippen molar-refractivity contribution in [2.45, 2.75) is 96.3 Å². The maximum Gasteiger partial charge on any atom is 0.407 e. The minimum atomic E-state index is -0.681. The third kappa shape index (κ3) is 3.56. The molecule has 7 heteroatoms. The summed E-state index contributed by atoms with van der Waals surface area (Å²) in [6.07, 6.45) is 7.22. The zero-order valence-corrected chi connectivity index (χ0v) is 19.2. The molecule has 4 saturated carbocycles. The molecule has 5 N–H and O–H groups in total. The first kappa shape index (κ1) is 22.8. The minimum Gasteiger partial charge on any atom is -0.481 e. The summed E-state index contributed by atoms with van der Waals surface area (Å²) in [7, 11) is 0. The van der Waals surface area contributed by atoms with Gasteiger partial charge in [-0.15, -0.1) is 0 Å². The van der Waals surface area contributed by atoms with Crippen molar-refractivity contribution < 1.29 is 24.5 Å². The van der Waals surface area contributed by atoms with Crippen molar-refractivity contribution in [2.75, 3.05) is 6.54 Å². The second kappa shape index (κ2) is 7.91. The molecule has 4 aliphatic carbocycles. The van der Waals surface area contributed by atoms with E-state index in [9.17, 15) is 19.8 Å². The fourth-order valence-corrected chi connectivity index (χ4v) is 8.22. The van der Waals surface area contributed by atoms with E-state index in [2.05, 4.69) is 19.2 Å². The van der Waals surface area contributed by atoms with E-state index >= 15 is 0 Å². The predicted molar refractivity (Wildman–Crippen MR) is 116 cm³/mol. The number of ether oxygens (including phenoxy) is 1. The smallest absolute Gasteiger partial charge is 0.407 e. The lowest BCUT2D eigenvalue weighted by atomic mass is 9.42. The van der Waals surface area contributed by atoms with E-state index < -0.39 is 18.2 Å². The summed E-state index contributed by atoms with van der Waals surface area (Å²) in [5, 5.41) is 21.8. The van der Waals surface area contributed by atoms with Gasteiger partial charge in [-0.05, 0) is 93.3 Å². The summed E-state index contributed by atoms with van der Waals surface area (Å²) in [6, 6.07) is 0. The number of fused-ring (bicyclic) bond motifs is 5. The van der Waals surface area contributed by atoms with Crippen LogP contribution in [0.2, 0.25) is 0 Å². The van der Waals surface area contributed by atoms with Gasteiger partial charge in [-0.25, -0.2) is 4.79 Å². The van der Waals surface area contributed by atoms with Gasteiger partial charge in [-0.1, -0.05) is 13.8 Å². The Labute approximate surface area is 185 Å². The summed E-state index contributed by atoms with van der Waals surface area (Å²) in [5.74, 6) is 0.389. The van der Waals surface area contributed by atoms with Gasteiger partial charge >= 0.3 is 12.1 Å². The van der Waals surface area contributed by atoms with E-state index in [1.54, 1.807) is 6.92 Å². The number of rotatable bonds is 4. The molecule has 0 aliphatic heterocycles. The van der Waals surface area contributed by atoms with Crippen LogP contribution in [0, 0.1) is 34.5 Å². The van der Waals surface area contributed by atoms with Crippen LogP contribution in [0.15, 0.2) is 0 Å². The van der Waals surface area contributed by atoms with Gasteiger partial charge in [0.1, 0.15) is 6.10 Å². The number of aliphatic hydroxyl groups excluding tert-OH is 1. The fourth-order valence-electron chi connectivity index (χ4n) is 8.22. The topological polar surface area (TPSA) is 122 Å². The van der Waals surface area contributed by atoms with Gasteiger partial charge in [0.25, 0.3) is 0 Å². The number of carboxylic acid groups (broad SMARTS) is 1. The summed E-state index contributed by atoms with van der Waals surface area (Å²) in [5.41, 5.74) is 6.62. The fraction of sp³-hybridized carbons (Fsp3) is 0.917. The summed E-state index contributed by atoms with van der Waals surface area (Å²) >= 11 is 0. The lowest BCUT2D eigenvalue weighted by Gasteiger charge is -2.64. The van der Waals surface area contributed by atoms with Crippen LogP contribution >= 0.6 is 0 Å². The molecule has 0 saturated heterocycles. The Morgan fingerprint density at radius 1 is 1.10 bits per heavy atom. The van der Waals surface area contributed by atoms with Crippen molar-refractivity contribution in [1.29, 1.82) is 0 Å². The van der Waals surface area contributed by atoms with Gasteiger partial charge in [-0.3, -0.25) is 4.79 Å². The Kier molecular flexibility index (Phi) is 5.83. The number of aliphatic carboxylic acids is 1. The number of aliphatic hydroxyl groups is 1. The molecule has 31 heavy (non-hydrogen) atoms. The Bertz CT molecular complexity index is 729. The van der Waals surface area contributed by atoms with E-state index in [-0.39, 0.29) is 34.9 Å². The summed E-state index contributed by atoms with van der Waals surface area (Å²) in [4.78, 5) is 24.0. The number of hydrogen-bond donors (Lipinski definition) is 4. The molecule has 0 radical (unpaired) electrons. The highest BCUT2D eigenvalue weighted by molar-refractivity contribution is 5.72. The van der Waals surface area contributed by atoms with E-state index in [4.69, 9.17) is 10.5 Å². The Hall–Kier alpha value is -1.34. The molecule has 9 atom stereocenters. The van der Waals surface area contributed by atoms with Gasteiger partial charge in [0, 0.05) is 12.1 Å². The van der Waals surface area contributed by atoms with Crippen LogP contribution in [0.4, 0.5) is 4.79 Å². The van der Waals surface area contributed by atoms with Crippen LogP contribution < -0.4 is 11.1 Å². The van der Waals surface area contributed by atoms with Crippen LogP contribution in [-0.4, -0.2) is 46.6 Å². The number of amides is 1.